The lowest BCUT2D eigenvalue weighted by molar-refractivity contribution is -0.116. The molecule has 0 aliphatic rings. The van der Waals surface area contributed by atoms with Crippen molar-refractivity contribution >= 4 is 22.8 Å². The zero-order chi connectivity index (χ0) is 21.6. The maximum atomic E-state index is 12.4. The van der Waals surface area contributed by atoms with Crippen molar-refractivity contribution in [1.29, 1.82) is 5.26 Å². The lowest BCUT2D eigenvalue weighted by Crippen LogP contribution is -2.24. The van der Waals surface area contributed by atoms with E-state index in [1.54, 1.807) is 16.8 Å². The van der Waals surface area contributed by atoms with E-state index in [2.05, 4.69) is 24.0 Å². The van der Waals surface area contributed by atoms with Gasteiger partial charge in [0, 0.05) is 23.9 Å². The smallest absolute Gasteiger partial charge is 0.262 e. The van der Waals surface area contributed by atoms with Gasteiger partial charge in [0.1, 0.15) is 17.3 Å². The van der Waals surface area contributed by atoms with Crippen LogP contribution in [0.4, 0.5) is 0 Å². The van der Waals surface area contributed by atoms with E-state index in [1.807, 2.05) is 72.9 Å². The van der Waals surface area contributed by atoms with Crippen molar-refractivity contribution < 1.29 is 4.79 Å². The number of fused-ring (bicyclic) bond motifs is 1. The number of benzene rings is 3. The number of nitrogens with zero attached hydrogens (tertiary/aromatic N) is 3. The average Bonchev–Trinajstić information content (AvgIpc) is 3.25. The van der Waals surface area contributed by atoms with Crippen molar-refractivity contribution in [3.8, 4) is 23.0 Å². The molecule has 0 spiro atoms. The molecule has 0 bridgehead atoms. The molecule has 1 heterocycles. The van der Waals surface area contributed by atoms with Crippen LogP contribution in [0.5, 0.6) is 0 Å². The van der Waals surface area contributed by atoms with Crippen molar-refractivity contribution in [3.63, 3.8) is 0 Å². The Labute approximate surface area is 180 Å². The molecular weight excluding hydrogens is 384 g/mol. The van der Waals surface area contributed by atoms with Gasteiger partial charge >= 0.3 is 0 Å². The Bertz CT molecular complexity index is 1330. The molecule has 0 saturated heterocycles. The van der Waals surface area contributed by atoms with Crippen LogP contribution in [-0.2, 0) is 4.79 Å². The molecule has 0 atom stereocenters. The molecule has 4 aromatic rings. The lowest BCUT2D eigenvalue weighted by atomic mass is 10.0. The van der Waals surface area contributed by atoms with Gasteiger partial charge < -0.3 is 5.32 Å². The van der Waals surface area contributed by atoms with E-state index >= 15 is 0 Å². The fraction of sp³-hybridized carbons (Fsp3) is 0.0385. The van der Waals surface area contributed by atoms with Crippen molar-refractivity contribution in [3.05, 3.63) is 103 Å². The lowest BCUT2D eigenvalue weighted by Gasteiger charge is -2.04. The molecule has 150 valence electrons. The highest BCUT2D eigenvalue weighted by atomic mass is 16.1. The van der Waals surface area contributed by atoms with Crippen LogP contribution in [0.15, 0.2) is 97.2 Å². The summed E-state index contributed by atoms with van der Waals surface area (Å²) in [6.45, 7) is 3.88. The van der Waals surface area contributed by atoms with Crippen LogP contribution in [0.2, 0.25) is 0 Å². The molecule has 31 heavy (non-hydrogen) atoms. The first kappa shape index (κ1) is 19.9. The number of aromatic nitrogens is 2. The van der Waals surface area contributed by atoms with Gasteiger partial charge in [0.2, 0.25) is 0 Å². The van der Waals surface area contributed by atoms with Crippen molar-refractivity contribution in [2.45, 2.75) is 0 Å². The number of hydrogen-bond acceptors (Lipinski definition) is 3. The molecule has 0 aliphatic heterocycles. The first-order valence-corrected chi connectivity index (χ1v) is 9.85. The highest BCUT2D eigenvalue weighted by molar-refractivity contribution is 6.02. The zero-order valence-corrected chi connectivity index (χ0v) is 16.8. The van der Waals surface area contributed by atoms with Crippen LogP contribution in [0.1, 0.15) is 5.56 Å². The minimum atomic E-state index is -0.445. The van der Waals surface area contributed by atoms with E-state index in [9.17, 15) is 10.1 Å². The predicted octanol–water partition coefficient (Wildman–Crippen LogP) is 4.90. The normalized spacial score (nSPS) is 11.1. The van der Waals surface area contributed by atoms with Gasteiger partial charge in [-0.2, -0.15) is 10.4 Å². The number of hydrogen-bond donors (Lipinski definition) is 1. The number of carbonyl (C=O) groups is 1. The molecule has 5 nitrogen and oxygen atoms in total. The second-order valence-electron chi connectivity index (χ2n) is 6.94. The molecule has 1 aromatic heterocycles. The third-order valence-corrected chi connectivity index (χ3v) is 4.86. The molecule has 5 heteroatoms. The molecule has 4 rings (SSSR count). The summed E-state index contributed by atoms with van der Waals surface area (Å²) in [6.07, 6.45) is 4.98. The fourth-order valence-electron chi connectivity index (χ4n) is 3.33. The highest BCUT2D eigenvalue weighted by Gasteiger charge is 2.15. The van der Waals surface area contributed by atoms with Gasteiger partial charge in [0.05, 0.1) is 5.69 Å². The van der Waals surface area contributed by atoms with Gasteiger partial charge in [-0.25, -0.2) is 4.68 Å². The van der Waals surface area contributed by atoms with Crippen LogP contribution < -0.4 is 5.32 Å². The minimum Gasteiger partial charge on any atom is -0.348 e. The van der Waals surface area contributed by atoms with Gasteiger partial charge in [0.15, 0.2) is 0 Å². The summed E-state index contributed by atoms with van der Waals surface area (Å²) in [7, 11) is 0. The monoisotopic (exact) mass is 404 g/mol. The number of rotatable bonds is 6. The van der Waals surface area contributed by atoms with E-state index in [1.165, 1.54) is 0 Å². The van der Waals surface area contributed by atoms with Crippen molar-refractivity contribution in [2.75, 3.05) is 6.54 Å². The summed E-state index contributed by atoms with van der Waals surface area (Å²) in [5.41, 5.74) is 3.18. The van der Waals surface area contributed by atoms with E-state index < -0.39 is 5.91 Å². The van der Waals surface area contributed by atoms with Crippen molar-refractivity contribution in [2.24, 2.45) is 0 Å². The minimum absolute atomic E-state index is 0.0106. The van der Waals surface area contributed by atoms with E-state index in [0.29, 0.717) is 17.8 Å². The van der Waals surface area contributed by atoms with Crippen molar-refractivity contribution in [1.82, 2.24) is 15.1 Å². The number of carbonyl (C=O) groups excluding carboxylic acids is 1. The molecule has 0 saturated carbocycles. The van der Waals surface area contributed by atoms with Gasteiger partial charge in [-0.1, -0.05) is 60.7 Å². The Morgan fingerprint density at radius 2 is 1.81 bits per heavy atom. The van der Waals surface area contributed by atoms with Gasteiger partial charge in [-0.05, 0) is 35.0 Å². The first-order valence-electron chi connectivity index (χ1n) is 9.85. The maximum Gasteiger partial charge on any atom is 0.262 e. The SMILES string of the molecule is C=CCNC(=O)C(C#N)=Cc1cn(-c2ccccc2)nc1-c1ccc2ccccc2c1. The maximum absolute atomic E-state index is 12.4. The zero-order valence-electron chi connectivity index (χ0n) is 16.8. The Kier molecular flexibility index (Phi) is 5.72. The van der Waals surface area contributed by atoms with Crippen LogP contribution in [0.25, 0.3) is 33.8 Å². The standard InChI is InChI=1S/C26H20N4O/c1-2-14-28-26(31)22(17-27)16-23-18-30(24-10-4-3-5-11-24)29-25(23)21-13-12-19-8-6-7-9-20(19)15-21/h2-13,15-16,18H,1,14H2,(H,28,31). The second kappa shape index (κ2) is 8.93. The molecule has 0 aliphatic carbocycles. The molecule has 1 N–H and O–H groups in total. The number of amides is 1. The van der Waals surface area contributed by atoms with E-state index in [4.69, 9.17) is 5.10 Å². The quantitative estimate of drug-likeness (QED) is 0.282. The fourth-order valence-corrected chi connectivity index (χ4v) is 3.33. The molecule has 0 radical (unpaired) electrons. The van der Waals surface area contributed by atoms with Crippen LogP contribution >= 0.6 is 0 Å². The number of nitriles is 1. The average molecular weight is 404 g/mol. The summed E-state index contributed by atoms with van der Waals surface area (Å²) in [5, 5.41) is 19.2. The molecule has 0 unspecified atom stereocenters. The van der Waals surface area contributed by atoms with Crippen LogP contribution in [0.3, 0.4) is 0 Å². The Morgan fingerprint density at radius 3 is 2.55 bits per heavy atom. The number of nitrogens with one attached hydrogen (secondary N) is 1. The Balaban J connectivity index is 1.85. The molecule has 3 aromatic carbocycles. The van der Waals surface area contributed by atoms with E-state index in [-0.39, 0.29) is 5.57 Å². The summed E-state index contributed by atoms with van der Waals surface area (Å²) >= 11 is 0. The Hall–Kier alpha value is -4.43. The third-order valence-electron chi connectivity index (χ3n) is 4.86. The van der Waals surface area contributed by atoms with Gasteiger partial charge in [-0.15, -0.1) is 6.58 Å². The topological polar surface area (TPSA) is 70.7 Å². The summed E-state index contributed by atoms with van der Waals surface area (Å²) < 4.78 is 1.76. The molecular formula is C26H20N4O. The highest BCUT2D eigenvalue weighted by Crippen LogP contribution is 2.28. The van der Waals surface area contributed by atoms with Gasteiger partial charge in [0.25, 0.3) is 5.91 Å². The largest absolute Gasteiger partial charge is 0.348 e. The van der Waals surface area contributed by atoms with Crippen LogP contribution in [0, 0.1) is 11.3 Å². The molecule has 1 amide bonds. The third kappa shape index (κ3) is 4.29. The molecule has 0 fully saturated rings. The number of para-hydroxylation sites is 1. The second-order valence-corrected chi connectivity index (χ2v) is 6.94. The summed E-state index contributed by atoms with van der Waals surface area (Å²) in [6, 6.07) is 25.9. The first-order chi connectivity index (χ1) is 15.2. The van der Waals surface area contributed by atoms with E-state index in [0.717, 1.165) is 22.0 Å². The van der Waals surface area contributed by atoms with Gasteiger partial charge in [-0.3, -0.25) is 4.79 Å². The van der Waals surface area contributed by atoms with Crippen LogP contribution in [-0.4, -0.2) is 22.2 Å². The summed E-state index contributed by atoms with van der Waals surface area (Å²) in [4.78, 5) is 12.4. The summed E-state index contributed by atoms with van der Waals surface area (Å²) in [5.74, 6) is -0.445. The predicted molar refractivity (Wildman–Crippen MR) is 123 cm³/mol. The Morgan fingerprint density at radius 1 is 1.06 bits per heavy atom.